The zero-order valence-corrected chi connectivity index (χ0v) is 12.7. The zero-order valence-electron chi connectivity index (χ0n) is 12.7. The largest absolute Gasteiger partial charge is 0.494 e. The van der Waals surface area contributed by atoms with Crippen LogP contribution in [0.3, 0.4) is 0 Å². The van der Waals surface area contributed by atoms with Crippen LogP contribution in [0.2, 0.25) is 0 Å². The second kappa shape index (κ2) is 6.46. The van der Waals surface area contributed by atoms with Gasteiger partial charge in [0.2, 0.25) is 0 Å². The molecule has 2 rings (SSSR count). The molecule has 0 spiro atoms. The lowest BCUT2D eigenvalue weighted by Gasteiger charge is -2.11. The lowest BCUT2D eigenvalue weighted by Crippen LogP contribution is -2.03. The summed E-state index contributed by atoms with van der Waals surface area (Å²) in [5.74, 6) is 0.922. The molecule has 4 heteroatoms. The van der Waals surface area contributed by atoms with Crippen LogP contribution in [0.4, 0.5) is 5.69 Å². The highest BCUT2D eigenvalue weighted by atomic mass is 16.5. The minimum Gasteiger partial charge on any atom is -0.494 e. The normalized spacial score (nSPS) is 10.6. The number of hydrogen-bond acceptors (Lipinski definition) is 3. The van der Waals surface area contributed by atoms with E-state index in [1.807, 2.05) is 24.7 Å². The van der Waals surface area contributed by atoms with Crippen molar-refractivity contribution in [3.05, 3.63) is 41.2 Å². The lowest BCUT2D eigenvalue weighted by molar-refractivity contribution is 0.340. The number of ether oxygens (including phenoxy) is 1. The third-order valence-corrected chi connectivity index (χ3v) is 3.30. The molecular weight excluding hydrogens is 250 g/mol. The fourth-order valence-corrected chi connectivity index (χ4v) is 2.31. The number of nitrogens with zero attached hydrogens (tertiary/aromatic N) is 2. The maximum atomic E-state index is 5.50. The number of hydrogen-bond donors (Lipinski definition) is 1. The standard InChI is InChI=1S/C16H23N3O/c1-5-15-13(11-19(4)18-15)10-17-16-8-7-14(20-6-2)9-12(16)3/h7-9,11,17H,5-6,10H2,1-4H3. The summed E-state index contributed by atoms with van der Waals surface area (Å²) in [6.45, 7) is 7.71. The molecule has 0 amide bonds. The predicted molar refractivity (Wildman–Crippen MR) is 82.3 cm³/mol. The van der Waals surface area contributed by atoms with Crippen molar-refractivity contribution in [3.8, 4) is 5.75 Å². The van der Waals surface area contributed by atoms with E-state index in [1.165, 1.54) is 11.1 Å². The van der Waals surface area contributed by atoms with E-state index >= 15 is 0 Å². The van der Waals surface area contributed by atoms with Crippen molar-refractivity contribution >= 4 is 5.69 Å². The van der Waals surface area contributed by atoms with E-state index in [-0.39, 0.29) is 0 Å². The number of anilines is 1. The molecule has 20 heavy (non-hydrogen) atoms. The van der Waals surface area contributed by atoms with Crippen molar-refractivity contribution in [2.45, 2.75) is 33.7 Å². The molecule has 0 atom stereocenters. The average Bonchev–Trinajstić information content (AvgIpc) is 2.78. The van der Waals surface area contributed by atoms with E-state index in [1.54, 1.807) is 0 Å². The maximum Gasteiger partial charge on any atom is 0.119 e. The molecule has 4 nitrogen and oxygen atoms in total. The van der Waals surface area contributed by atoms with Crippen LogP contribution >= 0.6 is 0 Å². The number of aromatic nitrogens is 2. The molecular formula is C16H23N3O. The summed E-state index contributed by atoms with van der Waals surface area (Å²) in [5.41, 5.74) is 4.74. The van der Waals surface area contributed by atoms with Crippen LogP contribution in [0, 0.1) is 6.92 Å². The Hall–Kier alpha value is -1.97. The van der Waals surface area contributed by atoms with Crippen molar-refractivity contribution < 1.29 is 4.74 Å². The quantitative estimate of drug-likeness (QED) is 0.877. The van der Waals surface area contributed by atoms with Crippen molar-refractivity contribution in [2.24, 2.45) is 7.05 Å². The first-order valence-corrected chi connectivity index (χ1v) is 7.12. The Balaban J connectivity index is 2.06. The van der Waals surface area contributed by atoms with Gasteiger partial charge >= 0.3 is 0 Å². The van der Waals surface area contributed by atoms with Gasteiger partial charge in [0.25, 0.3) is 0 Å². The minimum absolute atomic E-state index is 0.696. The van der Waals surface area contributed by atoms with E-state index in [9.17, 15) is 0 Å². The van der Waals surface area contributed by atoms with E-state index in [0.29, 0.717) is 6.61 Å². The SMILES string of the molecule is CCOc1ccc(NCc2cn(C)nc2CC)c(C)c1. The molecule has 0 aliphatic heterocycles. The first kappa shape index (κ1) is 14.4. The summed E-state index contributed by atoms with van der Waals surface area (Å²) in [5, 5.41) is 7.94. The monoisotopic (exact) mass is 273 g/mol. The van der Waals surface area contributed by atoms with Crippen LogP contribution in [-0.2, 0) is 20.0 Å². The summed E-state index contributed by atoms with van der Waals surface area (Å²) in [4.78, 5) is 0. The van der Waals surface area contributed by atoms with Crippen molar-refractivity contribution in [1.82, 2.24) is 9.78 Å². The second-order valence-corrected chi connectivity index (χ2v) is 4.89. The van der Waals surface area contributed by atoms with Gasteiger partial charge in [0.15, 0.2) is 0 Å². The van der Waals surface area contributed by atoms with Crippen LogP contribution in [0.1, 0.15) is 30.7 Å². The van der Waals surface area contributed by atoms with Crippen molar-refractivity contribution in [1.29, 1.82) is 0 Å². The third-order valence-electron chi connectivity index (χ3n) is 3.30. The van der Waals surface area contributed by atoms with Gasteiger partial charge in [0.1, 0.15) is 5.75 Å². The number of aryl methyl sites for hydroxylation is 3. The highest BCUT2D eigenvalue weighted by molar-refractivity contribution is 5.53. The molecule has 0 unspecified atom stereocenters. The van der Waals surface area contributed by atoms with Crippen LogP contribution in [-0.4, -0.2) is 16.4 Å². The highest BCUT2D eigenvalue weighted by Gasteiger charge is 2.06. The van der Waals surface area contributed by atoms with Gasteiger partial charge in [0.05, 0.1) is 12.3 Å². The Morgan fingerprint density at radius 3 is 2.75 bits per heavy atom. The zero-order chi connectivity index (χ0) is 14.5. The Bertz CT molecular complexity index is 575. The number of rotatable bonds is 6. The van der Waals surface area contributed by atoms with Gasteiger partial charge in [-0.2, -0.15) is 5.10 Å². The molecule has 1 N–H and O–H groups in total. The first-order valence-electron chi connectivity index (χ1n) is 7.12. The summed E-state index contributed by atoms with van der Waals surface area (Å²) in [6, 6.07) is 6.14. The fourth-order valence-electron chi connectivity index (χ4n) is 2.31. The van der Waals surface area contributed by atoms with Crippen LogP contribution in [0.15, 0.2) is 24.4 Å². The highest BCUT2D eigenvalue weighted by Crippen LogP contribution is 2.22. The van der Waals surface area contributed by atoms with Crippen LogP contribution in [0.25, 0.3) is 0 Å². The fraction of sp³-hybridized carbons (Fsp3) is 0.438. The Morgan fingerprint density at radius 1 is 1.30 bits per heavy atom. The molecule has 0 fully saturated rings. The summed E-state index contributed by atoms with van der Waals surface area (Å²) in [7, 11) is 1.96. The number of benzene rings is 1. The van der Waals surface area contributed by atoms with Crippen molar-refractivity contribution in [2.75, 3.05) is 11.9 Å². The molecule has 108 valence electrons. The molecule has 0 saturated carbocycles. The topological polar surface area (TPSA) is 39.1 Å². The van der Waals surface area contributed by atoms with Gasteiger partial charge in [-0.3, -0.25) is 4.68 Å². The van der Waals surface area contributed by atoms with E-state index in [4.69, 9.17) is 4.74 Å². The van der Waals surface area contributed by atoms with E-state index in [2.05, 4.69) is 42.6 Å². The Labute approximate surface area is 120 Å². The van der Waals surface area contributed by atoms with Gasteiger partial charge in [0, 0.05) is 31.0 Å². The molecule has 0 saturated heterocycles. The van der Waals surface area contributed by atoms with Crippen molar-refractivity contribution in [3.63, 3.8) is 0 Å². The molecule has 0 radical (unpaired) electrons. The second-order valence-electron chi connectivity index (χ2n) is 4.89. The van der Waals surface area contributed by atoms with Gasteiger partial charge in [-0.05, 0) is 44.0 Å². The average molecular weight is 273 g/mol. The summed E-state index contributed by atoms with van der Waals surface area (Å²) < 4.78 is 7.38. The summed E-state index contributed by atoms with van der Waals surface area (Å²) in [6.07, 6.45) is 3.04. The van der Waals surface area contributed by atoms with E-state index in [0.717, 1.165) is 30.1 Å². The molecule has 0 aliphatic rings. The van der Waals surface area contributed by atoms with Crippen LogP contribution < -0.4 is 10.1 Å². The van der Waals surface area contributed by atoms with Gasteiger partial charge in [-0.15, -0.1) is 0 Å². The molecule has 1 aromatic carbocycles. The maximum absolute atomic E-state index is 5.50. The molecule has 1 aromatic heterocycles. The smallest absolute Gasteiger partial charge is 0.119 e. The Kier molecular flexibility index (Phi) is 4.66. The molecule has 0 aliphatic carbocycles. The van der Waals surface area contributed by atoms with Gasteiger partial charge in [-0.25, -0.2) is 0 Å². The molecule has 0 bridgehead atoms. The summed E-state index contributed by atoms with van der Waals surface area (Å²) >= 11 is 0. The predicted octanol–water partition coefficient (Wildman–Crippen LogP) is 3.30. The van der Waals surface area contributed by atoms with Gasteiger partial charge in [-0.1, -0.05) is 6.92 Å². The third kappa shape index (κ3) is 3.32. The van der Waals surface area contributed by atoms with Crippen LogP contribution in [0.5, 0.6) is 5.75 Å². The Morgan fingerprint density at radius 2 is 2.10 bits per heavy atom. The lowest BCUT2D eigenvalue weighted by atomic mass is 10.1. The van der Waals surface area contributed by atoms with E-state index < -0.39 is 0 Å². The molecule has 1 heterocycles. The molecule has 2 aromatic rings. The number of nitrogens with one attached hydrogen (secondary N) is 1. The minimum atomic E-state index is 0.696. The van der Waals surface area contributed by atoms with Gasteiger partial charge < -0.3 is 10.1 Å². The first-order chi connectivity index (χ1) is 9.63.